The molecule has 4 rings (SSSR count). The maximum absolute atomic E-state index is 13.4. The largest absolute Gasteiger partial charge is 0.360 e. The Morgan fingerprint density at radius 3 is 2.67 bits per heavy atom. The number of hydrogen-bond donors (Lipinski definition) is 2. The Kier molecular flexibility index (Phi) is 3.30. The first kappa shape index (κ1) is 15.4. The van der Waals surface area contributed by atoms with E-state index in [1.165, 1.54) is 12.1 Å². The number of sulfonamides is 1. The standard InChI is InChI=1S/C18H17FN2O2S/c1-10(2)18-14-7-11(3-6-17(14)24(22,23)21-18)15-9-20-16-8-12(19)4-5-13(15)16/h3-10,18,20-21H,1-2H3. The number of halogens is 1. The van der Waals surface area contributed by atoms with Gasteiger partial charge in [0.15, 0.2) is 0 Å². The van der Waals surface area contributed by atoms with Crippen LogP contribution in [0.5, 0.6) is 0 Å². The molecule has 6 heteroatoms. The molecular formula is C18H17FN2O2S. The van der Waals surface area contributed by atoms with Gasteiger partial charge in [0, 0.05) is 22.7 Å². The SMILES string of the molecule is CC(C)C1NS(=O)(=O)c2ccc(-c3c[nH]c4cc(F)ccc34)cc21. The monoisotopic (exact) mass is 344 g/mol. The topological polar surface area (TPSA) is 62.0 Å². The number of aromatic amines is 1. The smallest absolute Gasteiger partial charge is 0.241 e. The molecule has 1 atom stereocenters. The highest BCUT2D eigenvalue weighted by molar-refractivity contribution is 7.89. The Labute approximate surface area is 139 Å². The third-order valence-corrected chi connectivity index (χ3v) is 6.05. The van der Waals surface area contributed by atoms with Crippen molar-refractivity contribution in [3.8, 4) is 11.1 Å². The number of benzene rings is 2. The van der Waals surface area contributed by atoms with Crippen molar-refractivity contribution < 1.29 is 12.8 Å². The Morgan fingerprint density at radius 2 is 1.92 bits per heavy atom. The van der Waals surface area contributed by atoms with Crippen molar-refractivity contribution in [2.45, 2.75) is 24.8 Å². The zero-order chi connectivity index (χ0) is 17.1. The first-order valence-electron chi connectivity index (χ1n) is 7.80. The van der Waals surface area contributed by atoms with Gasteiger partial charge in [-0.15, -0.1) is 0 Å². The number of fused-ring (bicyclic) bond motifs is 2. The molecule has 0 saturated heterocycles. The zero-order valence-electron chi connectivity index (χ0n) is 13.3. The first-order chi connectivity index (χ1) is 11.4. The van der Waals surface area contributed by atoms with E-state index in [1.807, 2.05) is 26.1 Å². The van der Waals surface area contributed by atoms with E-state index in [1.54, 1.807) is 18.2 Å². The van der Waals surface area contributed by atoms with Crippen LogP contribution in [0.4, 0.5) is 4.39 Å². The van der Waals surface area contributed by atoms with Crippen LogP contribution in [0.1, 0.15) is 25.5 Å². The summed E-state index contributed by atoms with van der Waals surface area (Å²) in [5, 5.41) is 0.909. The number of hydrogen-bond acceptors (Lipinski definition) is 2. The van der Waals surface area contributed by atoms with Crippen LogP contribution in [0.2, 0.25) is 0 Å². The highest BCUT2D eigenvalue weighted by Gasteiger charge is 2.35. The van der Waals surface area contributed by atoms with Gasteiger partial charge in [-0.3, -0.25) is 0 Å². The van der Waals surface area contributed by atoms with Crippen molar-refractivity contribution in [2.24, 2.45) is 5.92 Å². The lowest BCUT2D eigenvalue weighted by atomic mass is 9.94. The Hall–Kier alpha value is -2.18. The van der Waals surface area contributed by atoms with Crippen LogP contribution in [-0.4, -0.2) is 13.4 Å². The van der Waals surface area contributed by atoms with E-state index in [9.17, 15) is 12.8 Å². The van der Waals surface area contributed by atoms with Gasteiger partial charge in [-0.25, -0.2) is 17.5 Å². The second-order valence-corrected chi connectivity index (χ2v) is 8.17. The summed E-state index contributed by atoms with van der Waals surface area (Å²) < 4.78 is 40.6. The van der Waals surface area contributed by atoms with Gasteiger partial charge in [-0.2, -0.15) is 0 Å². The van der Waals surface area contributed by atoms with E-state index < -0.39 is 10.0 Å². The maximum atomic E-state index is 13.4. The van der Waals surface area contributed by atoms with Crippen molar-refractivity contribution in [1.29, 1.82) is 0 Å². The Balaban J connectivity index is 1.90. The molecule has 1 aromatic heterocycles. The van der Waals surface area contributed by atoms with Crippen LogP contribution in [0.3, 0.4) is 0 Å². The number of nitrogens with one attached hydrogen (secondary N) is 2. The number of rotatable bonds is 2. The second-order valence-electron chi connectivity index (χ2n) is 6.49. The minimum Gasteiger partial charge on any atom is -0.360 e. The predicted octanol–water partition coefficient (Wildman–Crippen LogP) is 3.96. The van der Waals surface area contributed by atoms with Crippen LogP contribution in [0.15, 0.2) is 47.5 Å². The quantitative estimate of drug-likeness (QED) is 0.739. The molecule has 24 heavy (non-hydrogen) atoms. The minimum absolute atomic E-state index is 0.147. The molecule has 0 amide bonds. The Bertz CT molecular complexity index is 1050. The molecule has 1 unspecified atom stereocenters. The third kappa shape index (κ3) is 2.25. The van der Waals surface area contributed by atoms with Crippen LogP contribution < -0.4 is 4.72 Å². The van der Waals surface area contributed by atoms with Crippen LogP contribution in [-0.2, 0) is 10.0 Å². The van der Waals surface area contributed by atoms with Crippen molar-refractivity contribution in [3.05, 3.63) is 54.0 Å². The molecule has 0 radical (unpaired) electrons. The first-order valence-corrected chi connectivity index (χ1v) is 9.28. The molecule has 1 aliphatic heterocycles. The normalized spacial score (nSPS) is 19.1. The predicted molar refractivity (Wildman–Crippen MR) is 91.6 cm³/mol. The van der Waals surface area contributed by atoms with Crippen molar-refractivity contribution in [2.75, 3.05) is 0 Å². The second kappa shape index (κ2) is 5.16. The highest BCUT2D eigenvalue weighted by Crippen LogP contribution is 2.39. The fraction of sp³-hybridized carbons (Fsp3) is 0.222. The molecule has 0 saturated carbocycles. The van der Waals surface area contributed by atoms with Gasteiger partial charge in [-0.05, 0) is 47.4 Å². The molecule has 2 N–H and O–H groups in total. The molecule has 0 aliphatic carbocycles. The van der Waals surface area contributed by atoms with Gasteiger partial charge < -0.3 is 4.98 Å². The summed E-state index contributed by atoms with van der Waals surface area (Å²) in [7, 11) is -3.44. The van der Waals surface area contributed by atoms with Gasteiger partial charge in [-0.1, -0.05) is 19.9 Å². The number of aromatic nitrogens is 1. The van der Waals surface area contributed by atoms with Gasteiger partial charge in [0.2, 0.25) is 10.0 Å². The molecule has 2 heterocycles. The van der Waals surface area contributed by atoms with Gasteiger partial charge >= 0.3 is 0 Å². The summed E-state index contributed by atoms with van der Waals surface area (Å²) in [4.78, 5) is 3.41. The molecule has 1 aliphatic rings. The van der Waals surface area contributed by atoms with Gasteiger partial charge in [0.25, 0.3) is 0 Å². The molecule has 3 aromatic rings. The van der Waals surface area contributed by atoms with E-state index in [4.69, 9.17) is 0 Å². The summed E-state index contributed by atoms with van der Waals surface area (Å²) in [5.41, 5.74) is 3.35. The van der Waals surface area contributed by atoms with Gasteiger partial charge in [0.1, 0.15) is 5.82 Å². The van der Waals surface area contributed by atoms with E-state index in [0.717, 1.165) is 27.6 Å². The van der Waals surface area contributed by atoms with Crippen LogP contribution in [0, 0.1) is 11.7 Å². The average molecular weight is 344 g/mol. The van der Waals surface area contributed by atoms with Crippen molar-refractivity contribution >= 4 is 20.9 Å². The summed E-state index contributed by atoms with van der Waals surface area (Å²) in [5.74, 6) is -0.145. The molecule has 0 bridgehead atoms. The molecular weight excluding hydrogens is 327 g/mol. The van der Waals surface area contributed by atoms with Gasteiger partial charge in [0.05, 0.1) is 10.9 Å². The van der Waals surface area contributed by atoms with E-state index in [2.05, 4.69) is 9.71 Å². The van der Waals surface area contributed by atoms with E-state index >= 15 is 0 Å². The fourth-order valence-corrected chi connectivity index (χ4v) is 4.93. The molecule has 4 nitrogen and oxygen atoms in total. The summed E-state index contributed by atoms with van der Waals surface area (Å²) in [6.07, 6.45) is 1.83. The summed E-state index contributed by atoms with van der Waals surface area (Å²) >= 11 is 0. The van der Waals surface area contributed by atoms with Crippen molar-refractivity contribution in [3.63, 3.8) is 0 Å². The molecule has 2 aromatic carbocycles. The van der Waals surface area contributed by atoms with Crippen LogP contribution >= 0.6 is 0 Å². The molecule has 0 fully saturated rings. The van der Waals surface area contributed by atoms with Crippen molar-refractivity contribution in [1.82, 2.24) is 9.71 Å². The highest BCUT2D eigenvalue weighted by atomic mass is 32.2. The Morgan fingerprint density at radius 1 is 1.12 bits per heavy atom. The van der Waals surface area contributed by atoms with E-state index in [0.29, 0.717) is 4.90 Å². The summed E-state index contributed by atoms with van der Waals surface area (Å²) in [6, 6.07) is 9.75. The number of H-pyrrole nitrogens is 1. The molecule has 124 valence electrons. The van der Waals surface area contributed by atoms with Crippen LogP contribution in [0.25, 0.3) is 22.0 Å². The fourth-order valence-electron chi connectivity index (χ4n) is 3.33. The lowest BCUT2D eigenvalue weighted by Gasteiger charge is -2.15. The third-order valence-electron chi connectivity index (χ3n) is 4.54. The average Bonchev–Trinajstić information content (AvgIpc) is 3.05. The van der Waals surface area contributed by atoms with E-state index in [-0.39, 0.29) is 17.8 Å². The minimum atomic E-state index is -3.44. The summed E-state index contributed by atoms with van der Waals surface area (Å²) in [6.45, 7) is 3.98. The molecule has 0 spiro atoms. The lowest BCUT2D eigenvalue weighted by Crippen LogP contribution is -2.23. The zero-order valence-corrected chi connectivity index (χ0v) is 14.1. The lowest BCUT2D eigenvalue weighted by molar-refractivity contribution is 0.478. The maximum Gasteiger partial charge on any atom is 0.241 e.